The van der Waals surface area contributed by atoms with E-state index >= 15 is 0 Å². The number of pyridine rings is 1. The number of halogens is 1. The molecule has 1 aliphatic rings. The van der Waals surface area contributed by atoms with Crippen molar-refractivity contribution in [1.29, 1.82) is 0 Å². The molecule has 3 heterocycles. The fourth-order valence-corrected chi connectivity index (χ4v) is 4.73. The fourth-order valence-electron chi connectivity index (χ4n) is 4.73. The Balaban J connectivity index is 1.38. The molecule has 4 aromatic rings. The van der Waals surface area contributed by atoms with Gasteiger partial charge >= 0.3 is 0 Å². The lowest BCUT2D eigenvalue weighted by atomic mass is 10.0. The molecular formula is C28H29FN4O. The van der Waals surface area contributed by atoms with Gasteiger partial charge in [0.15, 0.2) is 0 Å². The number of H-pyrrole nitrogens is 1. The number of hydrogen-bond acceptors (Lipinski definition) is 3. The molecule has 1 N–H and O–H groups in total. The van der Waals surface area contributed by atoms with Crippen LogP contribution in [0.3, 0.4) is 0 Å². The molecule has 0 radical (unpaired) electrons. The first kappa shape index (κ1) is 22.3. The highest BCUT2D eigenvalue weighted by Gasteiger charge is 2.19. The first-order chi connectivity index (χ1) is 16.7. The number of carbonyl (C=O) groups excluding carboxylic acids is 1. The Morgan fingerprint density at radius 2 is 1.94 bits per heavy atom. The SMILES string of the molecule is O=C(c1ccccn1)N(CCCN1CCCC1)Cc1ccc(F)c(-c2ccc3[nH]ccc3c2)c1. The van der Waals surface area contributed by atoms with Crippen LogP contribution in [0.2, 0.25) is 0 Å². The summed E-state index contributed by atoms with van der Waals surface area (Å²) < 4.78 is 14.8. The zero-order chi connectivity index (χ0) is 23.3. The Morgan fingerprint density at radius 1 is 1.06 bits per heavy atom. The summed E-state index contributed by atoms with van der Waals surface area (Å²) in [5, 5.41) is 1.04. The van der Waals surface area contributed by atoms with E-state index in [1.807, 2.05) is 53.6 Å². The zero-order valence-electron chi connectivity index (χ0n) is 19.2. The van der Waals surface area contributed by atoms with Gasteiger partial charge in [0.25, 0.3) is 5.91 Å². The average Bonchev–Trinajstić information content (AvgIpc) is 3.56. The molecule has 1 saturated heterocycles. The van der Waals surface area contributed by atoms with E-state index in [9.17, 15) is 9.18 Å². The van der Waals surface area contributed by atoms with E-state index in [0.29, 0.717) is 24.3 Å². The molecule has 0 aliphatic carbocycles. The summed E-state index contributed by atoms with van der Waals surface area (Å²) in [5.41, 5.74) is 3.72. The predicted octanol–water partition coefficient (Wildman–Crippen LogP) is 5.50. The van der Waals surface area contributed by atoms with Gasteiger partial charge < -0.3 is 14.8 Å². The van der Waals surface area contributed by atoms with Gasteiger partial charge in [-0.25, -0.2) is 4.39 Å². The number of amides is 1. The van der Waals surface area contributed by atoms with E-state index in [0.717, 1.165) is 48.1 Å². The van der Waals surface area contributed by atoms with E-state index in [2.05, 4.69) is 14.9 Å². The van der Waals surface area contributed by atoms with Crippen LogP contribution in [0.5, 0.6) is 0 Å². The van der Waals surface area contributed by atoms with Gasteiger partial charge in [-0.1, -0.05) is 18.2 Å². The predicted molar refractivity (Wildman–Crippen MR) is 133 cm³/mol. The number of benzene rings is 2. The van der Waals surface area contributed by atoms with Gasteiger partial charge in [-0.2, -0.15) is 0 Å². The van der Waals surface area contributed by atoms with Gasteiger partial charge in [-0.3, -0.25) is 9.78 Å². The van der Waals surface area contributed by atoms with E-state index < -0.39 is 0 Å². The van der Waals surface area contributed by atoms with Gasteiger partial charge in [0.05, 0.1) is 0 Å². The largest absolute Gasteiger partial charge is 0.361 e. The highest BCUT2D eigenvalue weighted by Crippen LogP contribution is 2.28. The van der Waals surface area contributed by atoms with E-state index in [4.69, 9.17) is 0 Å². The highest BCUT2D eigenvalue weighted by molar-refractivity contribution is 5.92. The van der Waals surface area contributed by atoms with Crippen molar-refractivity contribution >= 4 is 16.8 Å². The van der Waals surface area contributed by atoms with Gasteiger partial charge in [-0.15, -0.1) is 0 Å². The Bertz CT molecular complexity index is 1260. The molecule has 34 heavy (non-hydrogen) atoms. The van der Waals surface area contributed by atoms with Crippen LogP contribution >= 0.6 is 0 Å². The Hall–Kier alpha value is -3.51. The van der Waals surface area contributed by atoms with Crippen molar-refractivity contribution in [3.63, 3.8) is 0 Å². The minimum Gasteiger partial charge on any atom is -0.361 e. The maximum Gasteiger partial charge on any atom is 0.272 e. The Labute approximate surface area is 199 Å². The standard InChI is InChI=1S/C28H29FN4O/c29-25-9-7-21(18-24(25)22-8-10-26-23(19-22)11-13-31-26)20-33(17-5-16-32-14-3-4-15-32)28(34)27-6-1-2-12-30-27/h1-2,6-13,18-19,31H,3-5,14-17,20H2. The molecule has 1 fully saturated rings. The summed E-state index contributed by atoms with van der Waals surface area (Å²) in [6.07, 6.45) is 6.93. The second-order valence-electron chi connectivity index (χ2n) is 8.94. The molecule has 174 valence electrons. The molecule has 0 spiro atoms. The molecule has 1 aliphatic heterocycles. The lowest BCUT2D eigenvalue weighted by molar-refractivity contribution is 0.0730. The van der Waals surface area contributed by atoms with Gasteiger partial charge in [0.1, 0.15) is 11.5 Å². The molecule has 5 rings (SSSR count). The first-order valence-corrected chi connectivity index (χ1v) is 12.0. The summed E-state index contributed by atoms with van der Waals surface area (Å²) in [6.45, 7) is 4.31. The molecule has 1 amide bonds. The van der Waals surface area contributed by atoms with E-state index in [1.54, 1.807) is 18.3 Å². The van der Waals surface area contributed by atoms with Crippen LogP contribution in [0.25, 0.3) is 22.0 Å². The maximum absolute atomic E-state index is 14.8. The molecule has 0 unspecified atom stereocenters. The zero-order valence-corrected chi connectivity index (χ0v) is 19.2. The second-order valence-corrected chi connectivity index (χ2v) is 8.94. The van der Waals surface area contributed by atoms with Crippen LogP contribution in [0, 0.1) is 5.82 Å². The molecule has 5 nitrogen and oxygen atoms in total. The van der Waals surface area contributed by atoms with Crippen LogP contribution < -0.4 is 0 Å². The van der Waals surface area contributed by atoms with Crippen LogP contribution in [0.1, 0.15) is 35.3 Å². The number of likely N-dealkylation sites (tertiary alicyclic amines) is 1. The highest BCUT2D eigenvalue weighted by atomic mass is 19.1. The first-order valence-electron chi connectivity index (χ1n) is 12.0. The average molecular weight is 457 g/mol. The quantitative estimate of drug-likeness (QED) is 0.381. The molecule has 2 aromatic carbocycles. The second kappa shape index (κ2) is 10.2. The van der Waals surface area contributed by atoms with Gasteiger partial charge in [0, 0.05) is 36.6 Å². The van der Waals surface area contributed by atoms with Crippen LogP contribution in [-0.2, 0) is 6.54 Å². The van der Waals surface area contributed by atoms with Crippen molar-refractivity contribution in [1.82, 2.24) is 19.8 Å². The molecule has 6 heteroatoms. The normalized spacial score (nSPS) is 14.0. The van der Waals surface area contributed by atoms with Crippen molar-refractivity contribution < 1.29 is 9.18 Å². The van der Waals surface area contributed by atoms with Crippen molar-refractivity contribution in [2.24, 2.45) is 0 Å². The number of nitrogens with zero attached hydrogens (tertiary/aromatic N) is 3. The number of carbonyl (C=O) groups is 1. The monoisotopic (exact) mass is 456 g/mol. The Kier molecular flexibility index (Phi) is 6.67. The smallest absolute Gasteiger partial charge is 0.272 e. The number of fused-ring (bicyclic) bond motifs is 1. The number of aromatic nitrogens is 2. The third kappa shape index (κ3) is 5.02. The minimum atomic E-state index is -0.268. The molecule has 2 aromatic heterocycles. The van der Waals surface area contributed by atoms with Crippen LogP contribution in [0.4, 0.5) is 4.39 Å². The van der Waals surface area contributed by atoms with Crippen LogP contribution in [-0.4, -0.2) is 51.9 Å². The van der Waals surface area contributed by atoms with Crippen molar-refractivity contribution in [2.75, 3.05) is 26.2 Å². The third-order valence-corrected chi connectivity index (χ3v) is 6.54. The molecule has 0 atom stereocenters. The summed E-state index contributed by atoms with van der Waals surface area (Å²) in [7, 11) is 0. The minimum absolute atomic E-state index is 0.0957. The van der Waals surface area contributed by atoms with E-state index in [1.165, 1.54) is 18.9 Å². The number of rotatable bonds is 8. The molecule has 0 bridgehead atoms. The lowest BCUT2D eigenvalue weighted by Crippen LogP contribution is -2.34. The number of aromatic amines is 1. The summed E-state index contributed by atoms with van der Waals surface area (Å²) in [4.78, 5) is 25.0. The Morgan fingerprint density at radius 3 is 2.76 bits per heavy atom. The van der Waals surface area contributed by atoms with Crippen LogP contribution in [0.15, 0.2) is 73.1 Å². The summed E-state index contributed by atoms with van der Waals surface area (Å²) in [5.74, 6) is -0.364. The summed E-state index contributed by atoms with van der Waals surface area (Å²) >= 11 is 0. The fraction of sp³-hybridized carbons (Fsp3) is 0.286. The topological polar surface area (TPSA) is 52.2 Å². The number of nitrogens with one attached hydrogen (secondary N) is 1. The molecule has 0 saturated carbocycles. The van der Waals surface area contributed by atoms with Gasteiger partial charge in [0.2, 0.25) is 0 Å². The van der Waals surface area contributed by atoms with Crippen molar-refractivity contribution in [3.8, 4) is 11.1 Å². The summed E-state index contributed by atoms with van der Waals surface area (Å²) in [6, 6.07) is 18.4. The lowest BCUT2D eigenvalue weighted by Gasteiger charge is -2.24. The van der Waals surface area contributed by atoms with E-state index in [-0.39, 0.29) is 11.7 Å². The number of hydrogen-bond donors (Lipinski definition) is 1. The maximum atomic E-state index is 14.8. The van der Waals surface area contributed by atoms with Crippen molar-refractivity contribution in [3.05, 3.63) is 90.1 Å². The molecular weight excluding hydrogens is 427 g/mol. The van der Waals surface area contributed by atoms with Crippen molar-refractivity contribution in [2.45, 2.75) is 25.8 Å². The third-order valence-electron chi connectivity index (χ3n) is 6.54. The van der Waals surface area contributed by atoms with Gasteiger partial charge in [-0.05, 0) is 97.9 Å².